The van der Waals surface area contributed by atoms with Gasteiger partial charge in [0, 0.05) is 38.0 Å². The molecule has 0 saturated carbocycles. The Bertz CT molecular complexity index is 867. The molecule has 4 rings (SSSR count). The first-order chi connectivity index (χ1) is 13.5. The molecule has 0 unspecified atom stereocenters. The zero-order valence-corrected chi connectivity index (χ0v) is 16.5. The quantitative estimate of drug-likeness (QED) is 0.798. The maximum absolute atomic E-state index is 12.7. The third-order valence-corrected chi connectivity index (χ3v) is 6.13. The van der Waals surface area contributed by atoms with Crippen molar-refractivity contribution in [2.75, 3.05) is 26.2 Å². The first-order valence-corrected chi connectivity index (χ1v) is 9.89. The lowest BCUT2D eigenvalue weighted by Gasteiger charge is -2.38. The van der Waals surface area contributed by atoms with Crippen LogP contribution in [0.2, 0.25) is 0 Å². The maximum Gasteiger partial charge on any atom is 0.226 e. The highest BCUT2D eigenvalue weighted by molar-refractivity contribution is 5.80. The van der Waals surface area contributed by atoms with Gasteiger partial charge in [-0.1, -0.05) is 12.1 Å². The maximum atomic E-state index is 12.7. The molecule has 2 fully saturated rings. The molecule has 2 amide bonds. The molecule has 2 aromatic rings. The summed E-state index contributed by atoms with van der Waals surface area (Å²) in [5, 5.41) is 11.5. The Labute approximate surface area is 164 Å². The van der Waals surface area contributed by atoms with Crippen molar-refractivity contribution in [1.82, 2.24) is 30.0 Å². The lowest BCUT2D eigenvalue weighted by atomic mass is 9.77. The number of benzene rings is 1. The van der Waals surface area contributed by atoms with Gasteiger partial charge in [0.15, 0.2) is 5.82 Å². The number of carbonyl (C=O) groups is 2. The molecule has 2 aliphatic rings. The smallest absolute Gasteiger partial charge is 0.226 e. The number of rotatable bonds is 4. The number of carbonyl (C=O) groups excluding carboxylic acids is 2. The number of tetrazole rings is 1. The van der Waals surface area contributed by atoms with E-state index in [1.807, 2.05) is 47.9 Å². The lowest BCUT2D eigenvalue weighted by molar-refractivity contribution is -0.132. The van der Waals surface area contributed by atoms with Gasteiger partial charge in [0.1, 0.15) is 0 Å². The van der Waals surface area contributed by atoms with Gasteiger partial charge in [0.05, 0.1) is 12.1 Å². The number of hydrogen-bond acceptors (Lipinski definition) is 5. The first kappa shape index (κ1) is 18.6. The third kappa shape index (κ3) is 3.50. The molecule has 3 heterocycles. The van der Waals surface area contributed by atoms with Gasteiger partial charge in [0.25, 0.3) is 0 Å². The van der Waals surface area contributed by atoms with Crippen LogP contribution in [0.25, 0.3) is 5.69 Å². The molecule has 2 saturated heterocycles. The standard InChI is InChI=1S/C20H26N6O2/c1-3-24-14-20(13-19(24)28)8-10-25(11-9-20)18(27)12-16-4-6-17(7-5-16)26-15(2)21-22-23-26/h4-7H,3,8-14H2,1-2H3. The average Bonchev–Trinajstić information content (AvgIpc) is 3.26. The van der Waals surface area contributed by atoms with Gasteiger partial charge in [-0.3, -0.25) is 9.59 Å². The van der Waals surface area contributed by atoms with Crippen molar-refractivity contribution in [3.05, 3.63) is 35.7 Å². The first-order valence-electron chi connectivity index (χ1n) is 9.89. The molecule has 0 atom stereocenters. The Morgan fingerprint density at radius 1 is 1.18 bits per heavy atom. The van der Waals surface area contributed by atoms with E-state index >= 15 is 0 Å². The summed E-state index contributed by atoms with van der Waals surface area (Å²) in [6.07, 6.45) is 2.86. The van der Waals surface area contributed by atoms with Crippen LogP contribution in [0.3, 0.4) is 0 Å². The Hall–Kier alpha value is -2.77. The molecule has 8 nitrogen and oxygen atoms in total. The van der Waals surface area contributed by atoms with E-state index in [0.717, 1.165) is 56.1 Å². The summed E-state index contributed by atoms with van der Waals surface area (Å²) in [4.78, 5) is 28.7. The summed E-state index contributed by atoms with van der Waals surface area (Å²) in [5.41, 5.74) is 1.94. The highest BCUT2D eigenvalue weighted by atomic mass is 16.2. The third-order valence-electron chi connectivity index (χ3n) is 6.13. The molecule has 1 spiro atoms. The Kier molecular flexibility index (Phi) is 4.87. The summed E-state index contributed by atoms with van der Waals surface area (Å²) in [6, 6.07) is 7.77. The van der Waals surface area contributed by atoms with Crippen LogP contribution in [0.15, 0.2) is 24.3 Å². The monoisotopic (exact) mass is 382 g/mol. The van der Waals surface area contributed by atoms with Crippen LogP contribution >= 0.6 is 0 Å². The molecule has 28 heavy (non-hydrogen) atoms. The minimum Gasteiger partial charge on any atom is -0.342 e. The van der Waals surface area contributed by atoms with Crippen molar-refractivity contribution < 1.29 is 9.59 Å². The van der Waals surface area contributed by atoms with Crippen LogP contribution in [0.5, 0.6) is 0 Å². The topological polar surface area (TPSA) is 84.2 Å². The number of amides is 2. The summed E-state index contributed by atoms with van der Waals surface area (Å²) in [7, 11) is 0. The van der Waals surface area contributed by atoms with Crippen LogP contribution in [0.4, 0.5) is 0 Å². The number of nitrogens with zero attached hydrogens (tertiary/aromatic N) is 6. The van der Waals surface area contributed by atoms with Gasteiger partial charge in [-0.05, 0) is 54.8 Å². The summed E-state index contributed by atoms with van der Waals surface area (Å²) in [5.74, 6) is 1.14. The lowest BCUT2D eigenvalue weighted by Crippen LogP contribution is -2.44. The molecule has 8 heteroatoms. The molecular weight excluding hydrogens is 356 g/mol. The molecule has 148 valence electrons. The summed E-state index contributed by atoms with van der Waals surface area (Å²) in [6.45, 7) is 6.99. The number of aromatic nitrogens is 4. The van der Waals surface area contributed by atoms with Crippen LogP contribution in [0.1, 0.15) is 37.6 Å². The van der Waals surface area contributed by atoms with Crippen LogP contribution < -0.4 is 0 Å². The van der Waals surface area contributed by atoms with Gasteiger partial charge in [0.2, 0.25) is 11.8 Å². The molecule has 0 radical (unpaired) electrons. The van der Waals surface area contributed by atoms with E-state index in [1.165, 1.54) is 0 Å². The summed E-state index contributed by atoms with van der Waals surface area (Å²) >= 11 is 0. The van der Waals surface area contributed by atoms with Crippen molar-refractivity contribution in [1.29, 1.82) is 0 Å². The van der Waals surface area contributed by atoms with E-state index in [4.69, 9.17) is 0 Å². The zero-order chi connectivity index (χ0) is 19.7. The number of likely N-dealkylation sites (tertiary alicyclic amines) is 2. The largest absolute Gasteiger partial charge is 0.342 e. The fraction of sp³-hybridized carbons (Fsp3) is 0.550. The molecule has 0 N–H and O–H groups in total. The SMILES string of the molecule is CCN1CC2(CCN(C(=O)Cc3ccc(-n4nnnc4C)cc3)CC2)CC1=O. The predicted molar refractivity (Wildman–Crippen MR) is 103 cm³/mol. The predicted octanol–water partition coefficient (Wildman–Crippen LogP) is 1.37. The van der Waals surface area contributed by atoms with Crippen molar-refractivity contribution >= 4 is 11.8 Å². The molecule has 2 aliphatic heterocycles. The fourth-order valence-electron chi connectivity index (χ4n) is 4.35. The van der Waals surface area contributed by atoms with Gasteiger partial charge in [-0.2, -0.15) is 4.68 Å². The Morgan fingerprint density at radius 2 is 1.89 bits per heavy atom. The van der Waals surface area contributed by atoms with Gasteiger partial charge in [-0.15, -0.1) is 5.10 Å². The number of hydrogen-bond donors (Lipinski definition) is 0. The van der Waals surface area contributed by atoms with E-state index < -0.39 is 0 Å². The normalized spacial score (nSPS) is 18.9. The van der Waals surface area contributed by atoms with E-state index in [1.54, 1.807) is 4.68 Å². The Morgan fingerprint density at radius 3 is 2.46 bits per heavy atom. The van der Waals surface area contributed by atoms with E-state index in [0.29, 0.717) is 12.8 Å². The second kappa shape index (κ2) is 7.33. The van der Waals surface area contributed by atoms with Gasteiger partial charge in [-0.25, -0.2) is 0 Å². The van der Waals surface area contributed by atoms with Crippen molar-refractivity contribution in [2.45, 2.75) is 39.5 Å². The number of aryl methyl sites for hydroxylation is 1. The molecular formula is C20H26N6O2. The minimum atomic E-state index is 0.0786. The molecule has 0 bridgehead atoms. The van der Waals surface area contributed by atoms with Crippen molar-refractivity contribution in [2.24, 2.45) is 5.41 Å². The van der Waals surface area contributed by atoms with Crippen LogP contribution in [-0.4, -0.2) is 68.0 Å². The highest BCUT2D eigenvalue weighted by Gasteiger charge is 2.44. The second-order valence-electron chi connectivity index (χ2n) is 7.95. The van der Waals surface area contributed by atoms with Crippen molar-refractivity contribution in [3.63, 3.8) is 0 Å². The van der Waals surface area contributed by atoms with Crippen LogP contribution in [0, 0.1) is 12.3 Å². The zero-order valence-electron chi connectivity index (χ0n) is 16.5. The van der Waals surface area contributed by atoms with E-state index in [-0.39, 0.29) is 17.2 Å². The molecule has 1 aromatic carbocycles. The summed E-state index contributed by atoms with van der Waals surface area (Å²) < 4.78 is 1.66. The van der Waals surface area contributed by atoms with E-state index in [9.17, 15) is 9.59 Å². The van der Waals surface area contributed by atoms with Gasteiger partial charge >= 0.3 is 0 Å². The minimum absolute atomic E-state index is 0.0786. The second-order valence-corrected chi connectivity index (χ2v) is 7.95. The Balaban J connectivity index is 1.34. The van der Waals surface area contributed by atoms with Gasteiger partial charge < -0.3 is 9.80 Å². The van der Waals surface area contributed by atoms with E-state index in [2.05, 4.69) is 15.5 Å². The highest BCUT2D eigenvalue weighted by Crippen LogP contribution is 2.40. The molecule has 0 aliphatic carbocycles. The number of piperidine rings is 1. The van der Waals surface area contributed by atoms with Crippen LogP contribution in [-0.2, 0) is 16.0 Å². The molecule has 1 aromatic heterocycles. The average molecular weight is 382 g/mol. The fourth-order valence-corrected chi connectivity index (χ4v) is 4.35. The van der Waals surface area contributed by atoms with Crippen molar-refractivity contribution in [3.8, 4) is 5.69 Å².